The van der Waals surface area contributed by atoms with Crippen molar-refractivity contribution in [1.29, 1.82) is 0 Å². The van der Waals surface area contributed by atoms with Crippen LogP contribution in [0.15, 0.2) is 35.2 Å². The number of thiol groups is 1. The first-order valence-electron chi connectivity index (χ1n) is 5.63. The predicted octanol–water partition coefficient (Wildman–Crippen LogP) is 3.12. The molecule has 0 heterocycles. The largest absolute Gasteiger partial charge is 0.143 e. The molecule has 16 heavy (non-hydrogen) atoms. The Morgan fingerprint density at radius 3 is 2.75 bits per heavy atom. The molecular formula is C15H16S. The van der Waals surface area contributed by atoms with Crippen LogP contribution in [0.25, 0.3) is 23.4 Å². The zero-order valence-corrected chi connectivity index (χ0v) is 10.4. The van der Waals surface area contributed by atoms with Gasteiger partial charge in [0.2, 0.25) is 0 Å². The molecule has 0 atom stereocenters. The van der Waals surface area contributed by atoms with Crippen molar-refractivity contribution < 1.29 is 0 Å². The van der Waals surface area contributed by atoms with Gasteiger partial charge in [-0.3, -0.25) is 0 Å². The van der Waals surface area contributed by atoms with Crippen molar-refractivity contribution in [2.75, 3.05) is 0 Å². The summed E-state index contributed by atoms with van der Waals surface area (Å²) in [7, 11) is 0. The maximum atomic E-state index is 4.37. The molecule has 0 nitrogen and oxygen atoms in total. The normalized spacial score (nSPS) is 12.2. The Kier molecular flexibility index (Phi) is 3.35. The number of rotatable bonds is 2. The second-order valence-corrected chi connectivity index (χ2v) is 4.55. The Morgan fingerprint density at radius 1 is 1.25 bits per heavy atom. The van der Waals surface area contributed by atoms with Crippen LogP contribution >= 0.6 is 12.6 Å². The van der Waals surface area contributed by atoms with Crippen LogP contribution < -0.4 is 10.4 Å². The highest BCUT2D eigenvalue weighted by atomic mass is 32.1. The second-order valence-electron chi connectivity index (χ2n) is 4.03. The third-order valence-corrected chi connectivity index (χ3v) is 3.08. The lowest BCUT2D eigenvalue weighted by Crippen LogP contribution is -2.23. The highest BCUT2D eigenvalue weighted by Gasteiger charge is 1.95. The van der Waals surface area contributed by atoms with Crippen LogP contribution in [0.1, 0.15) is 19.8 Å². The van der Waals surface area contributed by atoms with Crippen LogP contribution in [0.4, 0.5) is 0 Å². The monoisotopic (exact) mass is 228 g/mol. The molecule has 0 spiro atoms. The summed E-state index contributed by atoms with van der Waals surface area (Å²) < 4.78 is 0. The fourth-order valence-corrected chi connectivity index (χ4v) is 2.08. The van der Waals surface area contributed by atoms with Crippen LogP contribution in [-0.2, 0) is 0 Å². The lowest BCUT2D eigenvalue weighted by molar-refractivity contribution is 0.991. The number of unbranched alkanes of at least 4 members (excludes halogenated alkanes) is 1. The van der Waals surface area contributed by atoms with Gasteiger partial charge >= 0.3 is 0 Å². The van der Waals surface area contributed by atoms with E-state index in [0.29, 0.717) is 0 Å². The number of fused-ring (bicyclic) bond motifs is 1. The van der Waals surface area contributed by atoms with Crippen molar-refractivity contribution in [3.05, 3.63) is 40.8 Å². The molecule has 0 unspecified atom stereocenters. The van der Waals surface area contributed by atoms with Gasteiger partial charge in [0.05, 0.1) is 0 Å². The van der Waals surface area contributed by atoms with Crippen LogP contribution in [0.3, 0.4) is 0 Å². The molecule has 0 fully saturated rings. The maximum Gasteiger partial charge on any atom is 0.00465 e. The quantitative estimate of drug-likeness (QED) is 0.750. The molecule has 0 saturated heterocycles. The summed E-state index contributed by atoms with van der Waals surface area (Å²) in [4.78, 5) is 0.991. The fourth-order valence-electron chi connectivity index (χ4n) is 1.88. The number of hydrogen-bond acceptors (Lipinski definition) is 1. The molecule has 0 aliphatic rings. The second kappa shape index (κ2) is 4.75. The summed E-state index contributed by atoms with van der Waals surface area (Å²) in [6, 6.07) is 10.5. The minimum atomic E-state index is 0.991. The molecule has 0 radical (unpaired) electrons. The highest BCUT2D eigenvalue weighted by Crippen LogP contribution is 2.13. The van der Waals surface area contributed by atoms with Crippen LogP contribution in [0, 0.1) is 0 Å². The Morgan fingerprint density at radius 2 is 2.00 bits per heavy atom. The van der Waals surface area contributed by atoms with E-state index in [1.807, 2.05) is 6.07 Å². The van der Waals surface area contributed by atoms with Crippen molar-refractivity contribution in [2.24, 2.45) is 0 Å². The van der Waals surface area contributed by atoms with Gasteiger partial charge in [-0.1, -0.05) is 44.2 Å². The molecule has 0 bridgehead atoms. The average Bonchev–Trinajstić information content (AvgIpc) is 2.29. The summed E-state index contributed by atoms with van der Waals surface area (Å²) in [5.74, 6) is 0. The molecule has 82 valence electrons. The molecule has 2 aromatic carbocycles. The Bertz CT molecular complexity index is 611. The highest BCUT2D eigenvalue weighted by molar-refractivity contribution is 7.80. The van der Waals surface area contributed by atoms with Gasteiger partial charge in [0.15, 0.2) is 0 Å². The first-order chi connectivity index (χ1) is 7.72. The molecule has 0 aliphatic heterocycles. The van der Waals surface area contributed by atoms with Crippen molar-refractivity contribution in [3.8, 4) is 0 Å². The van der Waals surface area contributed by atoms with Crippen molar-refractivity contribution in [3.63, 3.8) is 0 Å². The van der Waals surface area contributed by atoms with E-state index in [0.717, 1.165) is 16.5 Å². The van der Waals surface area contributed by atoms with E-state index in [1.54, 1.807) is 0 Å². The number of hydrogen-bond donors (Lipinski definition) is 1. The molecular weight excluding hydrogens is 212 g/mol. The SMILES string of the molecule is C=c1/c(=C\CCC)ccc2ccc(S)cc12. The molecule has 0 aromatic heterocycles. The minimum Gasteiger partial charge on any atom is -0.143 e. The Balaban J connectivity index is 2.73. The van der Waals surface area contributed by atoms with E-state index in [-0.39, 0.29) is 0 Å². The maximum absolute atomic E-state index is 4.37. The van der Waals surface area contributed by atoms with Gasteiger partial charge < -0.3 is 0 Å². The zero-order valence-electron chi connectivity index (χ0n) is 9.53. The lowest BCUT2D eigenvalue weighted by atomic mass is 10.1. The van der Waals surface area contributed by atoms with E-state index >= 15 is 0 Å². The molecule has 1 heteroatoms. The number of benzene rings is 2. The minimum absolute atomic E-state index is 0.991. The molecule has 2 aromatic rings. The van der Waals surface area contributed by atoms with Crippen LogP contribution in [0.2, 0.25) is 0 Å². The zero-order chi connectivity index (χ0) is 11.5. The average molecular weight is 228 g/mol. The standard InChI is InChI=1S/C15H16S/c1-3-4-5-12-6-7-13-8-9-14(16)10-15(13)11(12)2/h5-10,16H,2-4H2,1H3/b12-5-. The third kappa shape index (κ3) is 2.14. The molecule has 0 amide bonds. The van der Waals surface area contributed by atoms with Gasteiger partial charge in [-0.05, 0) is 39.8 Å². The first kappa shape index (κ1) is 11.3. The van der Waals surface area contributed by atoms with Gasteiger partial charge in [0.1, 0.15) is 0 Å². The van der Waals surface area contributed by atoms with E-state index < -0.39 is 0 Å². The Hall–Kier alpha value is -1.21. The van der Waals surface area contributed by atoms with E-state index in [1.165, 1.54) is 22.4 Å². The summed E-state index contributed by atoms with van der Waals surface area (Å²) in [5.41, 5.74) is 0. The molecule has 0 aliphatic carbocycles. The first-order valence-corrected chi connectivity index (χ1v) is 6.08. The Labute approximate surface area is 102 Å². The van der Waals surface area contributed by atoms with Crippen LogP contribution in [-0.4, -0.2) is 0 Å². The predicted molar refractivity (Wildman–Crippen MR) is 75.3 cm³/mol. The summed E-state index contributed by atoms with van der Waals surface area (Å²) in [6.07, 6.45) is 4.53. The van der Waals surface area contributed by atoms with Crippen LogP contribution in [0.5, 0.6) is 0 Å². The lowest BCUT2D eigenvalue weighted by Gasteiger charge is -2.00. The van der Waals surface area contributed by atoms with Gasteiger partial charge in [-0.25, -0.2) is 0 Å². The van der Waals surface area contributed by atoms with E-state index in [4.69, 9.17) is 0 Å². The van der Waals surface area contributed by atoms with Gasteiger partial charge in [-0.2, -0.15) is 0 Å². The fraction of sp³-hybridized carbons (Fsp3) is 0.200. The van der Waals surface area contributed by atoms with Crippen molar-refractivity contribution >= 4 is 36.1 Å². The van der Waals surface area contributed by atoms with Gasteiger partial charge in [-0.15, -0.1) is 12.6 Å². The summed E-state index contributed by atoms with van der Waals surface area (Å²) in [5, 5.41) is 4.80. The van der Waals surface area contributed by atoms with Crippen molar-refractivity contribution in [2.45, 2.75) is 24.7 Å². The summed E-state index contributed by atoms with van der Waals surface area (Å²) >= 11 is 4.37. The van der Waals surface area contributed by atoms with Crippen molar-refractivity contribution in [1.82, 2.24) is 0 Å². The molecule has 0 N–H and O–H groups in total. The van der Waals surface area contributed by atoms with Gasteiger partial charge in [0, 0.05) is 4.90 Å². The van der Waals surface area contributed by atoms with Gasteiger partial charge in [0.25, 0.3) is 0 Å². The topological polar surface area (TPSA) is 0 Å². The third-order valence-electron chi connectivity index (χ3n) is 2.81. The summed E-state index contributed by atoms with van der Waals surface area (Å²) in [6.45, 7) is 6.36. The molecule has 2 rings (SSSR count). The van der Waals surface area contributed by atoms with E-state index in [9.17, 15) is 0 Å². The van der Waals surface area contributed by atoms with E-state index in [2.05, 4.69) is 56.5 Å². The smallest absolute Gasteiger partial charge is 0.00465 e. The molecule has 0 saturated carbocycles.